The Bertz CT molecular complexity index is 406. The van der Waals surface area contributed by atoms with E-state index in [1.807, 2.05) is 30.3 Å². The summed E-state index contributed by atoms with van der Waals surface area (Å²) in [4.78, 5) is 24.1. The van der Waals surface area contributed by atoms with E-state index in [2.05, 4.69) is 0 Å². The van der Waals surface area contributed by atoms with E-state index in [-0.39, 0.29) is 12.3 Å². The van der Waals surface area contributed by atoms with Crippen LogP contribution >= 0.6 is 0 Å². The summed E-state index contributed by atoms with van der Waals surface area (Å²) in [5.41, 5.74) is 6.11. The number of carbonyl (C=O) groups is 2. The summed E-state index contributed by atoms with van der Waals surface area (Å²) >= 11 is 0. The summed E-state index contributed by atoms with van der Waals surface area (Å²) in [6, 6.07) is 9.51. The molecule has 18 heavy (non-hydrogen) atoms. The van der Waals surface area contributed by atoms with Gasteiger partial charge in [-0.1, -0.05) is 30.3 Å². The largest absolute Gasteiger partial charge is 0.370 e. The van der Waals surface area contributed by atoms with E-state index in [9.17, 15) is 9.59 Å². The third-order valence-electron chi connectivity index (χ3n) is 2.60. The topological polar surface area (TPSA) is 72.6 Å². The molecule has 0 aromatic heterocycles. The van der Waals surface area contributed by atoms with E-state index in [4.69, 9.17) is 10.5 Å². The number of carbonyl (C=O) groups excluding carboxylic acids is 2. The molecule has 0 bridgehead atoms. The predicted molar refractivity (Wildman–Crippen MR) is 67.3 cm³/mol. The minimum absolute atomic E-state index is 0.0110. The molecule has 0 aliphatic carbocycles. The first-order valence-electron chi connectivity index (χ1n) is 5.66. The van der Waals surface area contributed by atoms with Crippen molar-refractivity contribution in [2.45, 2.75) is 26.1 Å². The monoisotopic (exact) mass is 250 g/mol. The fraction of sp³-hybridized carbons (Fsp3) is 0.385. The Morgan fingerprint density at radius 2 is 1.94 bits per heavy atom. The number of hydrogen-bond acceptors (Lipinski definition) is 3. The van der Waals surface area contributed by atoms with Crippen molar-refractivity contribution in [3.05, 3.63) is 35.9 Å². The Balaban J connectivity index is 2.81. The van der Waals surface area contributed by atoms with E-state index >= 15 is 0 Å². The van der Waals surface area contributed by atoms with E-state index in [0.717, 1.165) is 5.56 Å². The van der Waals surface area contributed by atoms with Crippen LogP contribution in [0.5, 0.6) is 0 Å². The van der Waals surface area contributed by atoms with Crippen molar-refractivity contribution in [1.82, 2.24) is 4.90 Å². The summed E-state index contributed by atoms with van der Waals surface area (Å²) in [5, 5.41) is 0. The molecule has 1 aromatic carbocycles. The maximum absolute atomic E-state index is 11.6. The van der Waals surface area contributed by atoms with Crippen LogP contribution in [0.2, 0.25) is 0 Å². The molecule has 0 aliphatic heterocycles. The van der Waals surface area contributed by atoms with Gasteiger partial charge in [0.25, 0.3) is 0 Å². The van der Waals surface area contributed by atoms with E-state index in [0.29, 0.717) is 6.54 Å². The molecule has 0 aliphatic rings. The molecule has 0 radical (unpaired) electrons. The standard InChI is InChI=1S/C13H18N2O3/c1-10(16)15(13(18-2)8-12(14)17)9-11-6-4-3-5-7-11/h3-7,13H,8-9H2,1-2H3,(H2,14,17). The van der Waals surface area contributed by atoms with Crippen LogP contribution in [0, 0.1) is 0 Å². The molecule has 1 rings (SSSR count). The minimum Gasteiger partial charge on any atom is -0.370 e. The average Bonchev–Trinajstić information content (AvgIpc) is 2.34. The highest BCUT2D eigenvalue weighted by Gasteiger charge is 2.22. The number of amides is 2. The van der Waals surface area contributed by atoms with Crippen LogP contribution in [-0.4, -0.2) is 30.1 Å². The Morgan fingerprint density at radius 3 is 2.39 bits per heavy atom. The Labute approximate surface area is 107 Å². The fourth-order valence-electron chi connectivity index (χ4n) is 1.69. The normalized spacial score (nSPS) is 11.9. The number of nitrogens with two attached hydrogens (primary N) is 1. The zero-order valence-corrected chi connectivity index (χ0v) is 10.6. The van der Waals surface area contributed by atoms with Gasteiger partial charge in [0.15, 0.2) is 0 Å². The van der Waals surface area contributed by atoms with Crippen LogP contribution in [-0.2, 0) is 20.9 Å². The fourth-order valence-corrected chi connectivity index (χ4v) is 1.69. The first-order chi connectivity index (χ1) is 8.54. The molecule has 1 unspecified atom stereocenters. The smallest absolute Gasteiger partial charge is 0.221 e. The molecule has 5 heteroatoms. The van der Waals surface area contributed by atoms with Crippen LogP contribution < -0.4 is 5.73 Å². The van der Waals surface area contributed by atoms with Crippen LogP contribution in [0.1, 0.15) is 18.9 Å². The van der Waals surface area contributed by atoms with Crippen molar-refractivity contribution < 1.29 is 14.3 Å². The third-order valence-corrected chi connectivity index (χ3v) is 2.60. The lowest BCUT2D eigenvalue weighted by Gasteiger charge is -2.29. The van der Waals surface area contributed by atoms with Gasteiger partial charge in [-0.25, -0.2) is 0 Å². The maximum atomic E-state index is 11.6. The molecule has 0 saturated heterocycles. The number of ether oxygens (including phenoxy) is 1. The molecule has 0 saturated carbocycles. The van der Waals surface area contributed by atoms with E-state index in [1.54, 1.807) is 0 Å². The highest BCUT2D eigenvalue weighted by atomic mass is 16.5. The number of hydrogen-bond donors (Lipinski definition) is 1. The molecule has 2 amide bonds. The molecule has 5 nitrogen and oxygen atoms in total. The van der Waals surface area contributed by atoms with Crippen molar-refractivity contribution in [2.75, 3.05) is 7.11 Å². The summed E-state index contributed by atoms with van der Waals surface area (Å²) in [6.07, 6.45) is -0.636. The number of methoxy groups -OCH3 is 1. The van der Waals surface area contributed by atoms with Crippen LogP contribution in [0.3, 0.4) is 0 Å². The number of benzene rings is 1. The summed E-state index contributed by atoms with van der Waals surface area (Å²) < 4.78 is 5.16. The van der Waals surface area contributed by atoms with Crippen molar-refractivity contribution in [3.63, 3.8) is 0 Å². The van der Waals surface area contributed by atoms with Gasteiger partial charge in [-0.15, -0.1) is 0 Å². The van der Waals surface area contributed by atoms with E-state index in [1.165, 1.54) is 18.9 Å². The predicted octanol–water partition coefficient (Wildman–Crippen LogP) is 0.883. The first-order valence-corrected chi connectivity index (χ1v) is 5.66. The van der Waals surface area contributed by atoms with Crippen LogP contribution in [0.25, 0.3) is 0 Å². The molecule has 98 valence electrons. The van der Waals surface area contributed by atoms with Crippen molar-refractivity contribution in [1.29, 1.82) is 0 Å². The Kier molecular flexibility index (Phi) is 5.32. The Morgan fingerprint density at radius 1 is 1.33 bits per heavy atom. The second kappa shape index (κ2) is 6.76. The number of rotatable bonds is 6. The van der Waals surface area contributed by atoms with Crippen molar-refractivity contribution >= 4 is 11.8 Å². The highest BCUT2D eigenvalue weighted by molar-refractivity contribution is 5.77. The summed E-state index contributed by atoms with van der Waals surface area (Å²) in [5.74, 6) is -0.659. The van der Waals surface area contributed by atoms with Crippen molar-refractivity contribution in [3.8, 4) is 0 Å². The Hall–Kier alpha value is -1.88. The lowest BCUT2D eigenvalue weighted by Crippen LogP contribution is -2.42. The lowest BCUT2D eigenvalue weighted by atomic mass is 10.2. The molecule has 0 spiro atoms. The molecule has 1 atom stereocenters. The van der Waals surface area contributed by atoms with Gasteiger partial charge in [0.1, 0.15) is 6.23 Å². The minimum atomic E-state index is -0.625. The van der Waals surface area contributed by atoms with Gasteiger partial charge in [-0.3, -0.25) is 9.59 Å². The SMILES string of the molecule is COC(CC(N)=O)N(Cc1ccccc1)C(C)=O. The molecule has 2 N–H and O–H groups in total. The van der Waals surface area contributed by atoms with Gasteiger partial charge in [-0.05, 0) is 5.56 Å². The molecule has 1 aromatic rings. The van der Waals surface area contributed by atoms with Gasteiger partial charge < -0.3 is 15.4 Å². The van der Waals surface area contributed by atoms with E-state index < -0.39 is 12.1 Å². The maximum Gasteiger partial charge on any atom is 0.221 e. The lowest BCUT2D eigenvalue weighted by molar-refractivity contribution is -0.145. The number of primary amides is 1. The zero-order chi connectivity index (χ0) is 13.5. The molecular weight excluding hydrogens is 232 g/mol. The average molecular weight is 250 g/mol. The summed E-state index contributed by atoms with van der Waals surface area (Å²) in [7, 11) is 1.45. The molecule has 0 fully saturated rings. The molecular formula is C13H18N2O3. The number of nitrogens with zero attached hydrogens (tertiary/aromatic N) is 1. The quantitative estimate of drug-likeness (QED) is 0.762. The van der Waals surface area contributed by atoms with Gasteiger partial charge in [0.2, 0.25) is 11.8 Å². The van der Waals surface area contributed by atoms with Crippen molar-refractivity contribution in [2.24, 2.45) is 5.73 Å². The first kappa shape index (κ1) is 14.2. The van der Waals surface area contributed by atoms with Gasteiger partial charge >= 0.3 is 0 Å². The highest BCUT2D eigenvalue weighted by Crippen LogP contribution is 2.11. The zero-order valence-electron chi connectivity index (χ0n) is 10.6. The second-order valence-electron chi connectivity index (χ2n) is 3.99. The van der Waals surface area contributed by atoms with Gasteiger partial charge in [0, 0.05) is 20.6 Å². The van der Waals surface area contributed by atoms with Gasteiger partial charge in [0.05, 0.1) is 6.42 Å². The molecule has 0 heterocycles. The van der Waals surface area contributed by atoms with Crippen LogP contribution in [0.4, 0.5) is 0 Å². The third kappa shape index (κ3) is 4.18. The van der Waals surface area contributed by atoms with Crippen LogP contribution in [0.15, 0.2) is 30.3 Å². The van der Waals surface area contributed by atoms with Gasteiger partial charge in [-0.2, -0.15) is 0 Å². The summed E-state index contributed by atoms with van der Waals surface area (Å²) in [6.45, 7) is 1.83. The second-order valence-corrected chi connectivity index (χ2v) is 3.99.